The lowest BCUT2D eigenvalue weighted by Crippen LogP contribution is -2.37. The topological polar surface area (TPSA) is 15.3 Å². The third-order valence-corrected chi connectivity index (χ3v) is 5.03. The van der Waals surface area contributed by atoms with Crippen molar-refractivity contribution in [2.45, 2.75) is 26.3 Å². The average molecular weight is 346 g/mol. The van der Waals surface area contributed by atoms with Gasteiger partial charge in [0.05, 0.1) is 5.02 Å². The Balaban J connectivity index is 1.65. The Morgan fingerprint density at radius 3 is 2.79 bits per heavy atom. The molecular formula is C15H22BrClN2. The normalized spacial score (nSPS) is 17.8. The van der Waals surface area contributed by atoms with E-state index in [1.807, 2.05) is 12.1 Å². The average Bonchev–Trinajstić information content (AvgIpc) is 2.41. The van der Waals surface area contributed by atoms with Crippen molar-refractivity contribution in [1.82, 2.24) is 10.2 Å². The molecule has 1 aromatic rings. The minimum Gasteiger partial charge on any atom is -0.311 e. The summed E-state index contributed by atoms with van der Waals surface area (Å²) in [6.07, 6.45) is 2.70. The monoisotopic (exact) mass is 344 g/mol. The zero-order valence-corrected chi connectivity index (χ0v) is 13.8. The Bertz CT molecular complexity index is 403. The molecule has 2 rings (SSSR count). The quantitative estimate of drug-likeness (QED) is 0.814. The van der Waals surface area contributed by atoms with Crippen LogP contribution >= 0.6 is 27.5 Å². The smallest absolute Gasteiger partial charge is 0.0551 e. The number of likely N-dealkylation sites (tertiary alicyclic amines) is 1. The van der Waals surface area contributed by atoms with E-state index in [4.69, 9.17) is 11.6 Å². The lowest BCUT2D eigenvalue weighted by atomic mass is 9.99. The fraction of sp³-hybridized carbons (Fsp3) is 0.600. The second-order valence-corrected chi connectivity index (χ2v) is 6.71. The van der Waals surface area contributed by atoms with Crippen molar-refractivity contribution in [3.8, 4) is 0 Å². The van der Waals surface area contributed by atoms with Gasteiger partial charge in [0.1, 0.15) is 0 Å². The van der Waals surface area contributed by atoms with Gasteiger partial charge in [0.25, 0.3) is 0 Å². The van der Waals surface area contributed by atoms with E-state index >= 15 is 0 Å². The minimum atomic E-state index is 0.782. The SMILES string of the molecule is CC1CCN(CCNCc2ccc(Br)c(Cl)c2)CC1. The van der Waals surface area contributed by atoms with E-state index in [0.29, 0.717) is 0 Å². The number of nitrogens with one attached hydrogen (secondary N) is 1. The summed E-state index contributed by atoms with van der Waals surface area (Å²) < 4.78 is 0.959. The second-order valence-electron chi connectivity index (χ2n) is 5.45. The standard InChI is InChI=1S/C15H22BrClN2/c1-12-4-7-19(8-5-12)9-6-18-11-13-2-3-14(16)15(17)10-13/h2-3,10,12,18H,4-9,11H2,1H3. The Morgan fingerprint density at radius 1 is 1.37 bits per heavy atom. The van der Waals surface area contributed by atoms with Crippen molar-refractivity contribution in [2.75, 3.05) is 26.2 Å². The highest BCUT2D eigenvalue weighted by Gasteiger charge is 2.14. The van der Waals surface area contributed by atoms with Gasteiger partial charge in [-0.05, 0) is 65.5 Å². The molecule has 2 nitrogen and oxygen atoms in total. The van der Waals surface area contributed by atoms with Crippen LogP contribution in [0.3, 0.4) is 0 Å². The van der Waals surface area contributed by atoms with E-state index < -0.39 is 0 Å². The molecule has 19 heavy (non-hydrogen) atoms. The largest absolute Gasteiger partial charge is 0.311 e. The van der Waals surface area contributed by atoms with Crippen molar-refractivity contribution in [3.63, 3.8) is 0 Å². The first-order chi connectivity index (χ1) is 9.15. The van der Waals surface area contributed by atoms with Crippen molar-refractivity contribution in [1.29, 1.82) is 0 Å². The lowest BCUT2D eigenvalue weighted by Gasteiger charge is -2.30. The molecule has 0 bridgehead atoms. The molecule has 1 aliphatic heterocycles. The summed E-state index contributed by atoms with van der Waals surface area (Å²) in [5.74, 6) is 0.911. The van der Waals surface area contributed by atoms with E-state index in [1.54, 1.807) is 0 Å². The van der Waals surface area contributed by atoms with Gasteiger partial charge in [-0.2, -0.15) is 0 Å². The van der Waals surface area contributed by atoms with Gasteiger partial charge < -0.3 is 10.2 Å². The first kappa shape index (κ1) is 15.3. The van der Waals surface area contributed by atoms with Crippen LogP contribution in [-0.2, 0) is 6.54 Å². The lowest BCUT2D eigenvalue weighted by molar-refractivity contribution is 0.193. The Kier molecular flexibility index (Phi) is 6.14. The highest BCUT2D eigenvalue weighted by atomic mass is 79.9. The van der Waals surface area contributed by atoms with Crippen LogP contribution < -0.4 is 5.32 Å². The summed E-state index contributed by atoms with van der Waals surface area (Å²) in [4.78, 5) is 2.56. The van der Waals surface area contributed by atoms with Crippen LogP contribution in [0.2, 0.25) is 5.02 Å². The number of rotatable bonds is 5. The van der Waals surface area contributed by atoms with Crippen LogP contribution in [0.25, 0.3) is 0 Å². The maximum absolute atomic E-state index is 6.08. The predicted molar refractivity (Wildman–Crippen MR) is 85.7 cm³/mol. The molecule has 0 atom stereocenters. The number of hydrogen-bond donors (Lipinski definition) is 1. The molecule has 0 spiro atoms. The molecular weight excluding hydrogens is 324 g/mol. The molecule has 1 aliphatic rings. The molecule has 0 saturated carbocycles. The van der Waals surface area contributed by atoms with Gasteiger partial charge in [-0.3, -0.25) is 0 Å². The van der Waals surface area contributed by atoms with Crippen LogP contribution in [0, 0.1) is 5.92 Å². The molecule has 0 unspecified atom stereocenters. The Morgan fingerprint density at radius 2 is 2.11 bits per heavy atom. The third-order valence-electron chi connectivity index (χ3n) is 3.79. The predicted octanol–water partition coefficient (Wildman–Crippen LogP) is 3.92. The van der Waals surface area contributed by atoms with Gasteiger partial charge in [-0.1, -0.05) is 24.6 Å². The molecule has 0 amide bonds. The molecule has 0 radical (unpaired) electrons. The first-order valence-corrected chi connectivity index (χ1v) is 8.19. The number of hydrogen-bond acceptors (Lipinski definition) is 2. The van der Waals surface area contributed by atoms with E-state index in [9.17, 15) is 0 Å². The van der Waals surface area contributed by atoms with Crippen molar-refractivity contribution in [3.05, 3.63) is 33.3 Å². The number of piperidine rings is 1. The zero-order chi connectivity index (χ0) is 13.7. The minimum absolute atomic E-state index is 0.782. The highest BCUT2D eigenvalue weighted by molar-refractivity contribution is 9.10. The van der Waals surface area contributed by atoms with Crippen LogP contribution in [0.4, 0.5) is 0 Å². The molecule has 0 aliphatic carbocycles. The summed E-state index contributed by atoms with van der Waals surface area (Å²) in [6, 6.07) is 6.12. The molecule has 1 heterocycles. The zero-order valence-electron chi connectivity index (χ0n) is 11.5. The number of nitrogens with zero attached hydrogens (tertiary/aromatic N) is 1. The molecule has 106 valence electrons. The fourth-order valence-electron chi connectivity index (χ4n) is 2.41. The Hall–Kier alpha value is -0.0900. The molecule has 1 saturated heterocycles. The van der Waals surface area contributed by atoms with E-state index in [-0.39, 0.29) is 0 Å². The molecule has 0 aromatic heterocycles. The first-order valence-electron chi connectivity index (χ1n) is 7.02. The molecule has 1 fully saturated rings. The van der Waals surface area contributed by atoms with Gasteiger partial charge in [-0.25, -0.2) is 0 Å². The van der Waals surface area contributed by atoms with Gasteiger partial charge in [0, 0.05) is 24.1 Å². The van der Waals surface area contributed by atoms with Crippen molar-refractivity contribution < 1.29 is 0 Å². The van der Waals surface area contributed by atoms with Gasteiger partial charge in [0.2, 0.25) is 0 Å². The van der Waals surface area contributed by atoms with Crippen LogP contribution in [0.1, 0.15) is 25.3 Å². The highest BCUT2D eigenvalue weighted by Crippen LogP contribution is 2.23. The van der Waals surface area contributed by atoms with E-state index in [1.165, 1.54) is 31.5 Å². The summed E-state index contributed by atoms with van der Waals surface area (Å²) in [5, 5.41) is 4.27. The van der Waals surface area contributed by atoms with Gasteiger partial charge in [0.15, 0.2) is 0 Å². The summed E-state index contributed by atoms with van der Waals surface area (Å²) >= 11 is 9.49. The van der Waals surface area contributed by atoms with E-state index in [2.05, 4.69) is 39.1 Å². The molecule has 4 heteroatoms. The van der Waals surface area contributed by atoms with Crippen LogP contribution in [-0.4, -0.2) is 31.1 Å². The fourth-order valence-corrected chi connectivity index (χ4v) is 2.85. The maximum Gasteiger partial charge on any atom is 0.0551 e. The number of halogens is 2. The third kappa shape index (κ3) is 5.07. The maximum atomic E-state index is 6.08. The number of benzene rings is 1. The Labute approximate surface area is 129 Å². The van der Waals surface area contributed by atoms with Crippen LogP contribution in [0.5, 0.6) is 0 Å². The molecule has 1 aromatic carbocycles. The van der Waals surface area contributed by atoms with Gasteiger partial charge >= 0.3 is 0 Å². The summed E-state index contributed by atoms with van der Waals surface area (Å²) in [6.45, 7) is 7.95. The van der Waals surface area contributed by atoms with Crippen LogP contribution in [0.15, 0.2) is 22.7 Å². The second kappa shape index (κ2) is 7.63. The van der Waals surface area contributed by atoms with Crippen molar-refractivity contribution >= 4 is 27.5 Å². The molecule has 1 N–H and O–H groups in total. The van der Waals surface area contributed by atoms with Crippen molar-refractivity contribution in [2.24, 2.45) is 5.92 Å². The van der Waals surface area contributed by atoms with Gasteiger partial charge in [-0.15, -0.1) is 0 Å². The summed E-state index contributed by atoms with van der Waals surface area (Å²) in [5.41, 5.74) is 1.24. The summed E-state index contributed by atoms with van der Waals surface area (Å²) in [7, 11) is 0. The van der Waals surface area contributed by atoms with E-state index in [0.717, 1.165) is 35.0 Å².